The average Bonchev–Trinajstić information content (AvgIpc) is 3.09. The van der Waals surface area contributed by atoms with E-state index in [1.807, 2.05) is 0 Å². The van der Waals surface area contributed by atoms with Crippen LogP contribution < -0.4 is 5.84 Å². The number of hydrogen-bond acceptors (Lipinski definition) is 6. The van der Waals surface area contributed by atoms with E-state index in [0.29, 0.717) is 0 Å². The summed E-state index contributed by atoms with van der Waals surface area (Å²) in [6, 6.07) is 1.44. The Morgan fingerprint density at radius 2 is 1.56 bits per heavy atom. The molecule has 0 fully saturated rings. The monoisotopic (exact) mass is 569 g/mol. The van der Waals surface area contributed by atoms with Gasteiger partial charge in [-0.1, -0.05) is 41.4 Å². The number of carbonyl (C=O) groups is 1. The van der Waals surface area contributed by atoms with Crippen molar-refractivity contribution in [3.05, 3.63) is 61.4 Å². The lowest BCUT2D eigenvalue weighted by Gasteiger charge is -2.30. The Hall–Kier alpha value is -2.35. The third kappa shape index (κ3) is 5.32. The molecule has 0 radical (unpaired) electrons. The summed E-state index contributed by atoms with van der Waals surface area (Å²) in [6.45, 7) is 3.22. The van der Waals surface area contributed by atoms with Gasteiger partial charge in [-0.25, -0.2) is 9.18 Å². The molecule has 2 aromatic rings. The molecule has 34 heavy (non-hydrogen) atoms. The van der Waals surface area contributed by atoms with Gasteiger partial charge in [-0.2, -0.15) is 31.4 Å². The number of nitrogens with zero attached hydrogens (tertiary/aromatic N) is 2. The SMILES string of the molecule is C=COC(=O)c1cc(C(C=Nc2c(Cl)cc(C(F)(C(F)(F)F)C(F)(F)F)cc2Cl)=NN)sc1Cl. The zero-order valence-corrected chi connectivity index (χ0v) is 19.2. The van der Waals surface area contributed by atoms with E-state index in [0.717, 1.165) is 23.8 Å². The van der Waals surface area contributed by atoms with Crippen LogP contribution in [0.5, 0.6) is 0 Å². The lowest BCUT2D eigenvalue weighted by molar-refractivity contribution is -0.348. The Balaban J connectivity index is 2.49. The van der Waals surface area contributed by atoms with Gasteiger partial charge in [0, 0.05) is 5.56 Å². The maximum atomic E-state index is 14.3. The number of hydrogen-bond donors (Lipinski definition) is 1. The van der Waals surface area contributed by atoms with Gasteiger partial charge in [0.15, 0.2) is 0 Å². The minimum absolute atomic E-state index is 0.0181. The minimum Gasteiger partial charge on any atom is -0.431 e. The highest BCUT2D eigenvalue weighted by atomic mass is 35.5. The topological polar surface area (TPSA) is 77.0 Å². The van der Waals surface area contributed by atoms with E-state index >= 15 is 0 Å². The second kappa shape index (κ2) is 10.1. The van der Waals surface area contributed by atoms with Crippen molar-refractivity contribution in [1.29, 1.82) is 0 Å². The van der Waals surface area contributed by atoms with Gasteiger partial charge >= 0.3 is 24.0 Å². The predicted molar refractivity (Wildman–Crippen MR) is 115 cm³/mol. The lowest BCUT2D eigenvalue weighted by atomic mass is 9.94. The van der Waals surface area contributed by atoms with Crippen LogP contribution in [0.4, 0.5) is 36.4 Å². The first-order valence-electron chi connectivity index (χ1n) is 8.33. The summed E-state index contributed by atoms with van der Waals surface area (Å²) in [7, 11) is 0. The lowest BCUT2D eigenvalue weighted by Crippen LogP contribution is -2.50. The van der Waals surface area contributed by atoms with Gasteiger partial charge in [-0.05, 0) is 18.2 Å². The summed E-state index contributed by atoms with van der Waals surface area (Å²) in [5.74, 6) is 4.43. The molecule has 184 valence electrons. The Bertz CT molecular complexity index is 1140. The number of aliphatic imine (C=N–C) groups is 1. The highest BCUT2D eigenvalue weighted by Gasteiger charge is 2.73. The van der Waals surface area contributed by atoms with Crippen LogP contribution in [-0.4, -0.2) is 30.2 Å². The van der Waals surface area contributed by atoms with Crippen LogP contribution in [0.1, 0.15) is 20.8 Å². The number of hydrazone groups is 1. The second-order valence-electron chi connectivity index (χ2n) is 6.09. The zero-order chi connectivity index (χ0) is 26.1. The first-order valence-corrected chi connectivity index (χ1v) is 10.3. The highest BCUT2D eigenvalue weighted by molar-refractivity contribution is 7.19. The summed E-state index contributed by atoms with van der Waals surface area (Å²) in [6.07, 6.45) is -10.9. The van der Waals surface area contributed by atoms with Gasteiger partial charge in [0.05, 0.1) is 33.0 Å². The van der Waals surface area contributed by atoms with Crippen LogP contribution in [-0.2, 0) is 10.4 Å². The normalized spacial score (nSPS) is 13.4. The summed E-state index contributed by atoms with van der Waals surface area (Å²) in [5, 5.41) is 1.76. The third-order valence-electron chi connectivity index (χ3n) is 4.00. The standard InChI is InChI=1S/C18H9Cl3F7N3O2S/c1-2-33-15(32)8-5-12(34-14(8)21)11(31-29)6-30-13-9(19)3-7(4-10(13)20)16(22,17(23,24)25)18(26,27)28/h2-6H,1,29H2. The van der Waals surface area contributed by atoms with Crippen molar-refractivity contribution in [2.75, 3.05) is 0 Å². The van der Waals surface area contributed by atoms with Gasteiger partial charge in [0.1, 0.15) is 15.7 Å². The molecule has 2 N–H and O–H groups in total. The molecule has 1 heterocycles. The number of esters is 1. The van der Waals surface area contributed by atoms with Crippen LogP contribution in [0, 0.1) is 0 Å². The molecule has 0 amide bonds. The van der Waals surface area contributed by atoms with Gasteiger partial charge < -0.3 is 10.6 Å². The number of carbonyl (C=O) groups excluding carboxylic acids is 1. The van der Waals surface area contributed by atoms with E-state index in [-0.39, 0.29) is 32.6 Å². The molecule has 1 aromatic heterocycles. The number of benzene rings is 1. The molecule has 16 heteroatoms. The molecule has 1 aromatic carbocycles. The first kappa shape index (κ1) is 27.9. The van der Waals surface area contributed by atoms with E-state index in [4.69, 9.17) is 40.6 Å². The van der Waals surface area contributed by atoms with Crippen molar-refractivity contribution >= 4 is 69.7 Å². The Labute approximate surface area is 205 Å². The van der Waals surface area contributed by atoms with Crippen LogP contribution in [0.25, 0.3) is 0 Å². The van der Waals surface area contributed by atoms with E-state index in [1.54, 1.807) is 0 Å². The van der Waals surface area contributed by atoms with Gasteiger partial charge in [-0.3, -0.25) is 4.99 Å². The van der Waals surface area contributed by atoms with Crippen molar-refractivity contribution in [3.63, 3.8) is 0 Å². The molecule has 0 unspecified atom stereocenters. The molecule has 5 nitrogen and oxygen atoms in total. The number of halogens is 10. The summed E-state index contributed by atoms with van der Waals surface area (Å²) in [5.41, 5.74) is -8.33. The maximum Gasteiger partial charge on any atom is 0.435 e. The Morgan fingerprint density at radius 1 is 1.03 bits per heavy atom. The summed E-state index contributed by atoms with van der Waals surface area (Å²) in [4.78, 5) is 15.8. The Morgan fingerprint density at radius 3 is 2.00 bits per heavy atom. The van der Waals surface area contributed by atoms with Gasteiger partial charge in [-0.15, -0.1) is 11.3 Å². The largest absolute Gasteiger partial charge is 0.435 e. The summed E-state index contributed by atoms with van der Waals surface area (Å²) >= 11 is 18.3. The second-order valence-corrected chi connectivity index (χ2v) is 8.55. The molecule has 0 aliphatic carbocycles. The molecule has 0 saturated heterocycles. The van der Waals surface area contributed by atoms with Crippen LogP contribution >= 0.6 is 46.1 Å². The average molecular weight is 571 g/mol. The highest BCUT2D eigenvalue weighted by Crippen LogP contribution is 2.54. The number of nitrogens with two attached hydrogens (primary N) is 1. The van der Waals surface area contributed by atoms with E-state index in [9.17, 15) is 35.5 Å². The molecule has 0 aliphatic rings. The summed E-state index contributed by atoms with van der Waals surface area (Å²) < 4.78 is 96.8. The van der Waals surface area contributed by atoms with E-state index in [1.165, 1.54) is 6.07 Å². The molecule has 2 rings (SSSR count). The van der Waals surface area contributed by atoms with E-state index in [2.05, 4.69) is 21.4 Å². The first-order chi connectivity index (χ1) is 15.6. The van der Waals surface area contributed by atoms with Crippen molar-refractivity contribution in [2.45, 2.75) is 18.0 Å². The molecular formula is C18H9Cl3F7N3O2S. The fraction of sp³-hybridized carbons (Fsp3) is 0.167. The number of alkyl halides is 7. The number of rotatable bonds is 6. The zero-order valence-electron chi connectivity index (χ0n) is 16.1. The van der Waals surface area contributed by atoms with Gasteiger partial charge in [0.2, 0.25) is 0 Å². The Kier molecular flexibility index (Phi) is 8.29. The molecule has 0 saturated carbocycles. The number of ether oxygens (including phenoxy) is 1. The van der Waals surface area contributed by atoms with Crippen LogP contribution in [0.2, 0.25) is 14.4 Å². The smallest absolute Gasteiger partial charge is 0.431 e. The molecule has 0 aliphatic heterocycles. The van der Waals surface area contributed by atoms with Crippen molar-refractivity contribution in [3.8, 4) is 0 Å². The minimum atomic E-state index is -6.36. The van der Waals surface area contributed by atoms with Crippen LogP contribution in [0.15, 0.2) is 41.1 Å². The fourth-order valence-electron chi connectivity index (χ4n) is 2.44. The fourth-order valence-corrected chi connectivity index (χ4v) is 4.23. The third-order valence-corrected chi connectivity index (χ3v) is 5.96. The predicted octanol–water partition coefficient (Wildman–Crippen LogP) is 7.36. The number of thiophene rings is 1. The quantitative estimate of drug-likeness (QED) is 0.0984. The van der Waals surface area contributed by atoms with Gasteiger partial charge in [0.25, 0.3) is 0 Å². The molecule has 0 spiro atoms. The molecule has 0 atom stereocenters. The van der Waals surface area contributed by atoms with Crippen molar-refractivity contribution in [2.24, 2.45) is 15.9 Å². The van der Waals surface area contributed by atoms with Crippen LogP contribution in [0.3, 0.4) is 0 Å². The van der Waals surface area contributed by atoms with Crippen molar-refractivity contribution in [1.82, 2.24) is 0 Å². The molecular weight excluding hydrogens is 562 g/mol. The molecule has 0 bridgehead atoms. The van der Waals surface area contributed by atoms with Crippen molar-refractivity contribution < 1.29 is 40.3 Å². The maximum absolute atomic E-state index is 14.3. The van der Waals surface area contributed by atoms with E-state index < -0.39 is 45.3 Å².